The number of halogens is 1. The molecular formula is C24H33IN4O2. The molecule has 1 aliphatic rings. The average Bonchev–Trinajstić information content (AvgIpc) is 2.71. The molecule has 3 N–H and O–H groups in total. The fraction of sp³-hybridized carbons (Fsp3) is 0.417. The van der Waals surface area contributed by atoms with Crippen LogP contribution in [-0.2, 0) is 11.3 Å². The Hall–Kier alpha value is -2.29. The Morgan fingerprint density at radius 1 is 1.10 bits per heavy atom. The summed E-state index contributed by atoms with van der Waals surface area (Å²) in [6, 6.07) is 17.8. The van der Waals surface area contributed by atoms with Gasteiger partial charge in [-0.3, -0.25) is 4.79 Å². The van der Waals surface area contributed by atoms with Crippen LogP contribution in [0.4, 0.5) is 5.69 Å². The molecule has 3 rings (SSSR count). The van der Waals surface area contributed by atoms with Crippen molar-refractivity contribution in [2.24, 2.45) is 10.9 Å². The molecule has 6 nitrogen and oxygen atoms in total. The summed E-state index contributed by atoms with van der Waals surface area (Å²) in [6.45, 7) is 4.81. The zero-order valence-electron chi connectivity index (χ0n) is 18.1. The van der Waals surface area contributed by atoms with Gasteiger partial charge in [-0.2, -0.15) is 0 Å². The number of hydrogen-bond acceptors (Lipinski definition) is 3. The van der Waals surface area contributed by atoms with Gasteiger partial charge < -0.3 is 20.7 Å². The van der Waals surface area contributed by atoms with Crippen LogP contribution in [0.1, 0.15) is 38.2 Å². The number of guanidine groups is 1. The number of carbonyl (C=O) groups excluding carboxylic acids is 1. The maximum Gasteiger partial charge on any atom is 0.227 e. The van der Waals surface area contributed by atoms with Crippen LogP contribution in [0.2, 0.25) is 0 Å². The lowest BCUT2D eigenvalue weighted by molar-refractivity contribution is -0.122. The van der Waals surface area contributed by atoms with Gasteiger partial charge in [0.1, 0.15) is 5.75 Å². The first-order valence-corrected chi connectivity index (χ1v) is 10.8. The van der Waals surface area contributed by atoms with E-state index in [9.17, 15) is 4.79 Å². The highest BCUT2D eigenvalue weighted by Crippen LogP contribution is 2.27. The van der Waals surface area contributed by atoms with Crippen molar-refractivity contribution >= 4 is 41.5 Å². The third kappa shape index (κ3) is 8.77. The number of carbonyl (C=O) groups is 1. The van der Waals surface area contributed by atoms with Gasteiger partial charge in [-0.1, -0.05) is 36.8 Å². The number of hydrogen-bond donors (Lipinski definition) is 3. The van der Waals surface area contributed by atoms with Gasteiger partial charge in [0.25, 0.3) is 0 Å². The summed E-state index contributed by atoms with van der Waals surface area (Å²) in [6.07, 6.45) is 4.04. The molecule has 0 atom stereocenters. The van der Waals surface area contributed by atoms with E-state index in [-0.39, 0.29) is 35.8 Å². The largest absolute Gasteiger partial charge is 0.494 e. The second kappa shape index (κ2) is 13.9. The zero-order chi connectivity index (χ0) is 21.0. The first kappa shape index (κ1) is 25.0. The van der Waals surface area contributed by atoms with E-state index in [4.69, 9.17) is 4.74 Å². The summed E-state index contributed by atoms with van der Waals surface area (Å²) in [4.78, 5) is 16.8. The van der Waals surface area contributed by atoms with Crippen LogP contribution in [0.3, 0.4) is 0 Å². The summed E-state index contributed by atoms with van der Waals surface area (Å²) in [7, 11) is 0. The molecule has 1 saturated carbocycles. The van der Waals surface area contributed by atoms with E-state index < -0.39 is 0 Å². The maximum atomic E-state index is 12.2. The normalized spacial score (nSPS) is 13.5. The summed E-state index contributed by atoms with van der Waals surface area (Å²) in [5.41, 5.74) is 1.90. The van der Waals surface area contributed by atoms with Crippen molar-refractivity contribution in [3.63, 3.8) is 0 Å². The van der Waals surface area contributed by atoms with Crippen molar-refractivity contribution in [1.82, 2.24) is 10.6 Å². The number of amides is 1. The van der Waals surface area contributed by atoms with Crippen molar-refractivity contribution < 1.29 is 9.53 Å². The SMILES string of the molecule is CCNC(=NCc1cccc(NC(=O)C2CCC2)c1)NCCCOc1ccccc1.I. The Morgan fingerprint density at radius 3 is 2.61 bits per heavy atom. The summed E-state index contributed by atoms with van der Waals surface area (Å²) in [5.74, 6) is 1.99. The smallest absolute Gasteiger partial charge is 0.227 e. The second-order valence-corrected chi connectivity index (χ2v) is 7.45. The van der Waals surface area contributed by atoms with Gasteiger partial charge in [0.05, 0.1) is 13.2 Å². The molecule has 1 amide bonds. The molecule has 0 aliphatic heterocycles. The number of anilines is 1. The van der Waals surface area contributed by atoms with E-state index in [1.54, 1.807) is 0 Å². The van der Waals surface area contributed by atoms with Crippen LogP contribution in [0, 0.1) is 5.92 Å². The van der Waals surface area contributed by atoms with E-state index in [1.807, 2.05) is 61.5 Å². The summed E-state index contributed by atoms with van der Waals surface area (Å²) < 4.78 is 5.72. The van der Waals surface area contributed by atoms with Gasteiger partial charge in [0.2, 0.25) is 5.91 Å². The molecule has 0 unspecified atom stereocenters. The molecule has 168 valence electrons. The third-order valence-corrected chi connectivity index (χ3v) is 5.06. The lowest BCUT2D eigenvalue weighted by Crippen LogP contribution is -2.38. The Morgan fingerprint density at radius 2 is 1.90 bits per heavy atom. The number of benzene rings is 2. The van der Waals surface area contributed by atoms with Crippen molar-refractivity contribution in [1.29, 1.82) is 0 Å². The second-order valence-electron chi connectivity index (χ2n) is 7.45. The standard InChI is InChI=1S/C24H32N4O2.HI/c1-2-25-24(26-15-8-16-30-22-13-4-3-5-14-22)27-18-19-9-6-12-21(17-19)28-23(29)20-10-7-11-20;/h3-6,9,12-14,17,20H,2,7-8,10-11,15-16,18H2,1H3,(H,28,29)(H2,25,26,27);1H. The number of nitrogens with one attached hydrogen (secondary N) is 3. The molecular weight excluding hydrogens is 503 g/mol. The molecule has 0 saturated heterocycles. The first-order chi connectivity index (χ1) is 14.7. The first-order valence-electron chi connectivity index (χ1n) is 10.8. The topological polar surface area (TPSA) is 74.8 Å². The molecule has 2 aromatic carbocycles. The highest BCUT2D eigenvalue weighted by Gasteiger charge is 2.25. The minimum atomic E-state index is 0. The Labute approximate surface area is 202 Å². The highest BCUT2D eigenvalue weighted by molar-refractivity contribution is 14.0. The number of ether oxygens (including phenoxy) is 1. The van der Waals surface area contributed by atoms with Crippen LogP contribution in [0.5, 0.6) is 5.75 Å². The molecule has 0 aromatic heterocycles. The van der Waals surface area contributed by atoms with Crippen LogP contribution < -0.4 is 20.7 Å². The van der Waals surface area contributed by atoms with Crippen LogP contribution in [-0.4, -0.2) is 31.6 Å². The molecule has 0 radical (unpaired) electrons. The molecule has 2 aromatic rings. The monoisotopic (exact) mass is 536 g/mol. The van der Waals surface area contributed by atoms with Gasteiger partial charge in [-0.05, 0) is 56.0 Å². The summed E-state index contributed by atoms with van der Waals surface area (Å²) in [5, 5.41) is 9.64. The van der Waals surface area contributed by atoms with Crippen molar-refractivity contribution in [3.05, 3.63) is 60.2 Å². The quantitative estimate of drug-likeness (QED) is 0.180. The lowest BCUT2D eigenvalue weighted by atomic mass is 9.85. The van der Waals surface area contributed by atoms with Gasteiger partial charge in [-0.25, -0.2) is 4.99 Å². The molecule has 1 fully saturated rings. The van der Waals surface area contributed by atoms with E-state index in [2.05, 4.69) is 20.9 Å². The molecule has 31 heavy (non-hydrogen) atoms. The average molecular weight is 536 g/mol. The number of rotatable bonds is 10. The number of nitrogens with zero attached hydrogens (tertiary/aromatic N) is 1. The van der Waals surface area contributed by atoms with Crippen LogP contribution >= 0.6 is 24.0 Å². The van der Waals surface area contributed by atoms with Crippen molar-refractivity contribution in [2.75, 3.05) is 25.0 Å². The Bertz CT molecular complexity index is 825. The van der Waals surface area contributed by atoms with Gasteiger partial charge in [-0.15, -0.1) is 24.0 Å². The molecule has 0 spiro atoms. The number of para-hydroxylation sites is 1. The lowest BCUT2D eigenvalue weighted by Gasteiger charge is -2.24. The molecule has 0 bridgehead atoms. The van der Waals surface area contributed by atoms with Gasteiger partial charge in [0.15, 0.2) is 5.96 Å². The van der Waals surface area contributed by atoms with Crippen LogP contribution in [0.15, 0.2) is 59.6 Å². The third-order valence-electron chi connectivity index (χ3n) is 5.06. The van der Waals surface area contributed by atoms with E-state index in [0.717, 1.165) is 61.7 Å². The minimum absolute atomic E-state index is 0. The predicted octanol–water partition coefficient (Wildman–Crippen LogP) is 4.57. The van der Waals surface area contributed by atoms with Gasteiger partial charge >= 0.3 is 0 Å². The van der Waals surface area contributed by atoms with E-state index in [0.29, 0.717) is 13.2 Å². The number of aliphatic imine (C=N–C) groups is 1. The molecule has 7 heteroatoms. The predicted molar refractivity (Wildman–Crippen MR) is 137 cm³/mol. The van der Waals surface area contributed by atoms with Gasteiger partial charge in [0, 0.05) is 24.7 Å². The van der Waals surface area contributed by atoms with E-state index >= 15 is 0 Å². The van der Waals surface area contributed by atoms with Crippen molar-refractivity contribution in [2.45, 2.75) is 39.2 Å². The zero-order valence-corrected chi connectivity index (χ0v) is 20.4. The Balaban J connectivity index is 0.00000341. The van der Waals surface area contributed by atoms with Crippen molar-refractivity contribution in [3.8, 4) is 5.75 Å². The molecule has 1 aliphatic carbocycles. The molecule has 0 heterocycles. The fourth-order valence-electron chi connectivity index (χ4n) is 3.16. The maximum absolute atomic E-state index is 12.2. The fourth-order valence-corrected chi connectivity index (χ4v) is 3.16. The Kier molecular flexibility index (Phi) is 11.2. The minimum Gasteiger partial charge on any atom is -0.494 e. The highest BCUT2D eigenvalue weighted by atomic mass is 127. The summed E-state index contributed by atoms with van der Waals surface area (Å²) >= 11 is 0. The van der Waals surface area contributed by atoms with E-state index in [1.165, 1.54) is 0 Å². The van der Waals surface area contributed by atoms with Crippen LogP contribution in [0.25, 0.3) is 0 Å².